The fraction of sp³-hybridized carbons (Fsp3) is 0.433. The molecule has 36 heavy (non-hydrogen) atoms. The summed E-state index contributed by atoms with van der Waals surface area (Å²) in [7, 11) is 0. The van der Waals surface area contributed by atoms with E-state index in [1.165, 1.54) is 60.9 Å². The van der Waals surface area contributed by atoms with E-state index in [-0.39, 0.29) is 5.91 Å². The minimum absolute atomic E-state index is 0.0779. The molecule has 3 heterocycles. The van der Waals surface area contributed by atoms with Crippen LogP contribution < -0.4 is 0 Å². The third-order valence-corrected chi connectivity index (χ3v) is 8.85. The summed E-state index contributed by atoms with van der Waals surface area (Å²) in [4.78, 5) is 20.7. The van der Waals surface area contributed by atoms with E-state index in [9.17, 15) is 4.79 Å². The Bertz CT molecular complexity index is 1230. The van der Waals surface area contributed by atoms with E-state index < -0.39 is 0 Å². The maximum absolute atomic E-state index is 12.6. The second kappa shape index (κ2) is 11.4. The second-order valence-corrected chi connectivity index (χ2v) is 11.2. The molecule has 0 aliphatic carbocycles. The van der Waals surface area contributed by atoms with Crippen LogP contribution in [0, 0.1) is 12.8 Å². The van der Waals surface area contributed by atoms with Gasteiger partial charge in [0.2, 0.25) is 5.91 Å². The first-order valence-electron chi connectivity index (χ1n) is 13.2. The first-order chi connectivity index (χ1) is 17.5. The van der Waals surface area contributed by atoms with Gasteiger partial charge < -0.3 is 14.8 Å². The summed E-state index contributed by atoms with van der Waals surface area (Å²) < 4.78 is 0. The van der Waals surface area contributed by atoms with Crippen LogP contribution in [0.3, 0.4) is 0 Å². The number of halogens is 2. The molecule has 0 saturated carbocycles. The molecule has 0 spiro atoms. The number of hydrogen-bond donors (Lipinski definition) is 1. The van der Waals surface area contributed by atoms with Gasteiger partial charge in [-0.25, -0.2) is 0 Å². The van der Waals surface area contributed by atoms with Crippen LogP contribution in [0.4, 0.5) is 0 Å². The molecule has 1 aromatic heterocycles. The maximum atomic E-state index is 12.6. The van der Waals surface area contributed by atoms with Gasteiger partial charge in [-0.15, -0.1) is 0 Å². The SMILES string of the molecule is Cc1cccc2[nH]cc(C3CCN(CCC4CCN(C(=O)/C=C/c5ccc(Cl)c(Cl)c5)CC4)CC3)c12. The third-order valence-electron chi connectivity index (χ3n) is 8.11. The van der Waals surface area contributed by atoms with Crippen molar-refractivity contribution in [2.24, 2.45) is 5.92 Å². The number of carbonyl (C=O) groups is 1. The minimum atomic E-state index is 0.0779. The molecule has 190 valence electrons. The highest BCUT2D eigenvalue weighted by Crippen LogP contribution is 2.35. The largest absolute Gasteiger partial charge is 0.361 e. The lowest BCUT2D eigenvalue weighted by Gasteiger charge is -2.35. The Morgan fingerprint density at radius 2 is 1.81 bits per heavy atom. The topological polar surface area (TPSA) is 39.3 Å². The molecule has 2 aliphatic rings. The Kier molecular flexibility index (Phi) is 8.05. The zero-order valence-electron chi connectivity index (χ0n) is 21.0. The predicted molar refractivity (Wildman–Crippen MR) is 151 cm³/mol. The van der Waals surface area contributed by atoms with E-state index >= 15 is 0 Å². The number of aryl methyl sites for hydroxylation is 1. The Balaban J connectivity index is 1.04. The molecule has 2 fully saturated rings. The standard InChI is InChI=1S/C30H35Cl2N3O/c1-21-3-2-4-28-30(21)25(20-33-28)24-12-15-34(16-13-24)14-9-22-10-17-35(18-11-22)29(36)8-6-23-5-7-26(31)27(32)19-23/h2-8,19-20,22,24,33H,9-18H2,1H3/b8-6+. The zero-order valence-corrected chi connectivity index (χ0v) is 22.5. The number of aromatic amines is 1. The van der Waals surface area contributed by atoms with E-state index in [4.69, 9.17) is 23.2 Å². The van der Waals surface area contributed by atoms with E-state index in [0.717, 1.165) is 31.5 Å². The highest BCUT2D eigenvalue weighted by molar-refractivity contribution is 6.42. The smallest absolute Gasteiger partial charge is 0.246 e. The van der Waals surface area contributed by atoms with Gasteiger partial charge in [0.25, 0.3) is 0 Å². The number of aromatic nitrogens is 1. The number of piperidine rings is 2. The van der Waals surface area contributed by atoms with E-state index in [2.05, 4.69) is 41.2 Å². The normalized spacial score (nSPS) is 18.5. The summed E-state index contributed by atoms with van der Waals surface area (Å²) in [5.74, 6) is 1.44. The molecule has 3 aromatic rings. The first kappa shape index (κ1) is 25.4. The molecule has 0 radical (unpaired) electrons. The molecule has 1 amide bonds. The molecule has 0 unspecified atom stereocenters. The van der Waals surface area contributed by atoms with E-state index in [1.54, 1.807) is 18.2 Å². The van der Waals surface area contributed by atoms with Crippen molar-refractivity contribution in [2.75, 3.05) is 32.7 Å². The van der Waals surface area contributed by atoms with E-state index in [1.807, 2.05) is 17.0 Å². The number of hydrogen-bond acceptors (Lipinski definition) is 2. The number of fused-ring (bicyclic) bond motifs is 1. The average molecular weight is 525 g/mol. The molecule has 5 rings (SSSR count). The van der Waals surface area contributed by atoms with Crippen molar-refractivity contribution in [3.05, 3.63) is 75.4 Å². The van der Waals surface area contributed by atoms with Crippen molar-refractivity contribution in [1.82, 2.24) is 14.8 Å². The van der Waals surface area contributed by atoms with Gasteiger partial charge in [0.05, 0.1) is 10.0 Å². The van der Waals surface area contributed by atoms with E-state index in [0.29, 0.717) is 21.9 Å². The lowest BCUT2D eigenvalue weighted by atomic mass is 9.87. The number of likely N-dealkylation sites (tertiary alicyclic amines) is 2. The van der Waals surface area contributed by atoms with Crippen molar-refractivity contribution in [1.29, 1.82) is 0 Å². The van der Waals surface area contributed by atoms with Crippen LogP contribution in [0.25, 0.3) is 17.0 Å². The fourth-order valence-electron chi connectivity index (χ4n) is 5.88. The molecule has 0 bridgehead atoms. The van der Waals surface area contributed by atoms with Crippen molar-refractivity contribution in [3.63, 3.8) is 0 Å². The zero-order chi connectivity index (χ0) is 25.1. The lowest BCUT2D eigenvalue weighted by Crippen LogP contribution is -2.39. The van der Waals surface area contributed by atoms with Crippen molar-refractivity contribution in [3.8, 4) is 0 Å². The van der Waals surface area contributed by atoms with Gasteiger partial charge in [0.1, 0.15) is 0 Å². The fourth-order valence-corrected chi connectivity index (χ4v) is 6.19. The van der Waals surface area contributed by atoms with Gasteiger partial charge >= 0.3 is 0 Å². The molecule has 4 nitrogen and oxygen atoms in total. The molecule has 2 aliphatic heterocycles. The van der Waals surface area contributed by atoms with Crippen molar-refractivity contribution in [2.45, 2.75) is 44.9 Å². The summed E-state index contributed by atoms with van der Waals surface area (Å²) in [6, 6.07) is 11.9. The Morgan fingerprint density at radius 1 is 1.03 bits per heavy atom. The van der Waals surface area contributed by atoms with Gasteiger partial charge in [-0.1, -0.05) is 41.4 Å². The van der Waals surface area contributed by atoms with Crippen LogP contribution in [0.2, 0.25) is 10.0 Å². The number of H-pyrrole nitrogens is 1. The lowest BCUT2D eigenvalue weighted by molar-refractivity contribution is -0.127. The monoisotopic (exact) mass is 523 g/mol. The number of rotatable bonds is 6. The molecular formula is C30H35Cl2N3O. The highest BCUT2D eigenvalue weighted by atomic mass is 35.5. The molecular weight excluding hydrogens is 489 g/mol. The Morgan fingerprint density at radius 3 is 2.56 bits per heavy atom. The van der Waals surface area contributed by atoms with Crippen LogP contribution >= 0.6 is 23.2 Å². The Labute approximate surface area is 224 Å². The van der Waals surface area contributed by atoms with Crippen LogP contribution in [-0.4, -0.2) is 53.4 Å². The van der Waals surface area contributed by atoms with Crippen LogP contribution in [0.15, 0.2) is 48.7 Å². The maximum Gasteiger partial charge on any atom is 0.246 e. The molecule has 1 N–H and O–H groups in total. The van der Waals surface area contributed by atoms with Gasteiger partial charge in [-0.3, -0.25) is 4.79 Å². The third kappa shape index (κ3) is 5.82. The quantitative estimate of drug-likeness (QED) is 0.344. The minimum Gasteiger partial charge on any atom is -0.361 e. The number of nitrogens with one attached hydrogen (secondary N) is 1. The molecule has 2 aromatic carbocycles. The van der Waals surface area contributed by atoms with Crippen LogP contribution in [-0.2, 0) is 4.79 Å². The molecule has 6 heteroatoms. The summed E-state index contributed by atoms with van der Waals surface area (Å²) >= 11 is 12.0. The number of nitrogens with zero attached hydrogens (tertiary/aromatic N) is 2. The van der Waals surface area contributed by atoms with Crippen LogP contribution in [0.1, 0.15) is 54.7 Å². The Hall–Kier alpha value is -2.27. The average Bonchev–Trinajstić information content (AvgIpc) is 3.34. The van der Waals surface area contributed by atoms with Gasteiger partial charge in [-0.05, 0) is 111 Å². The molecule has 0 atom stereocenters. The van der Waals surface area contributed by atoms with Gasteiger partial charge in [0.15, 0.2) is 0 Å². The summed E-state index contributed by atoms with van der Waals surface area (Å²) in [6.07, 6.45) is 11.6. The first-order valence-corrected chi connectivity index (χ1v) is 13.9. The van der Waals surface area contributed by atoms with Gasteiger partial charge in [0, 0.05) is 36.3 Å². The van der Waals surface area contributed by atoms with Crippen molar-refractivity contribution >= 4 is 46.1 Å². The number of amides is 1. The van der Waals surface area contributed by atoms with Crippen molar-refractivity contribution < 1.29 is 4.79 Å². The summed E-state index contributed by atoms with van der Waals surface area (Å²) in [5, 5.41) is 2.46. The number of carbonyl (C=O) groups excluding carboxylic acids is 1. The summed E-state index contributed by atoms with van der Waals surface area (Å²) in [5.41, 5.74) is 5.03. The van der Waals surface area contributed by atoms with Crippen LogP contribution in [0.5, 0.6) is 0 Å². The number of benzene rings is 2. The van der Waals surface area contributed by atoms with Gasteiger partial charge in [-0.2, -0.15) is 0 Å². The highest BCUT2D eigenvalue weighted by Gasteiger charge is 2.25. The predicted octanol–water partition coefficient (Wildman–Crippen LogP) is 7.30. The molecule has 2 saturated heterocycles. The second-order valence-electron chi connectivity index (χ2n) is 10.4. The summed E-state index contributed by atoms with van der Waals surface area (Å²) in [6.45, 7) is 7.45.